The molecule has 2 unspecified atom stereocenters. The maximum absolute atomic E-state index is 10.4. The van der Waals surface area contributed by atoms with E-state index in [9.17, 15) is 4.79 Å². The SMILES string of the molecule is CCCC(S)CCCCCC(N)C(=O)O. The molecule has 0 saturated heterocycles. The third-order valence-corrected chi connectivity index (χ3v) is 3.01. The molecule has 0 aliphatic carbocycles. The maximum Gasteiger partial charge on any atom is 0.320 e. The van der Waals surface area contributed by atoms with Gasteiger partial charge < -0.3 is 10.8 Å². The first-order valence-corrected chi connectivity index (χ1v) is 6.26. The highest BCUT2D eigenvalue weighted by Gasteiger charge is 2.10. The van der Waals surface area contributed by atoms with Crippen molar-refractivity contribution in [1.29, 1.82) is 0 Å². The van der Waals surface area contributed by atoms with Gasteiger partial charge in [-0.05, 0) is 19.3 Å². The van der Waals surface area contributed by atoms with E-state index in [-0.39, 0.29) is 0 Å². The van der Waals surface area contributed by atoms with Crippen molar-refractivity contribution >= 4 is 18.6 Å². The molecule has 3 N–H and O–H groups in total. The van der Waals surface area contributed by atoms with Gasteiger partial charge in [-0.25, -0.2) is 0 Å². The molecule has 0 aromatic carbocycles. The smallest absolute Gasteiger partial charge is 0.320 e. The van der Waals surface area contributed by atoms with Crippen LogP contribution in [-0.2, 0) is 4.79 Å². The molecule has 3 nitrogen and oxygen atoms in total. The van der Waals surface area contributed by atoms with E-state index in [4.69, 9.17) is 10.8 Å². The van der Waals surface area contributed by atoms with E-state index < -0.39 is 12.0 Å². The van der Waals surface area contributed by atoms with Gasteiger partial charge in [0.1, 0.15) is 6.04 Å². The second-order valence-electron chi connectivity index (χ2n) is 4.03. The molecule has 0 bridgehead atoms. The first-order chi connectivity index (χ1) is 7.07. The number of thiol groups is 1. The van der Waals surface area contributed by atoms with Gasteiger partial charge in [-0.15, -0.1) is 0 Å². The monoisotopic (exact) mass is 233 g/mol. The molecule has 0 spiro atoms. The van der Waals surface area contributed by atoms with E-state index in [1.807, 2.05) is 0 Å². The highest BCUT2D eigenvalue weighted by atomic mass is 32.1. The van der Waals surface area contributed by atoms with Crippen LogP contribution < -0.4 is 5.73 Å². The molecule has 0 rings (SSSR count). The molecule has 0 heterocycles. The van der Waals surface area contributed by atoms with E-state index in [0.717, 1.165) is 32.1 Å². The minimum atomic E-state index is -0.895. The molecule has 0 aliphatic rings. The lowest BCUT2D eigenvalue weighted by Crippen LogP contribution is -2.29. The average molecular weight is 233 g/mol. The number of hydrogen-bond donors (Lipinski definition) is 3. The summed E-state index contributed by atoms with van der Waals surface area (Å²) in [5, 5.41) is 9.06. The number of nitrogens with two attached hydrogens (primary N) is 1. The van der Waals surface area contributed by atoms with Crippen molar-refractivity contribution in [2.45, 2.75) is 63.2 Å². The first kappa shape index (κ1) is 14.8. The Hall–Kier alpha value is -0.220. The summed E-state index contributed by atoms with van der Waals surface area (Å²) in [7, 11) is 0. The summed E-state index contributed by atoms with van der Waals surface area (Å²) in [5.74, 6) is -0.895. The van der Waals surface area contributed by atoms with Crippen molar-refractivity contribution in [2.75, 3.05) is 0 Å². The normalized spacial score (nSPS) is 14.9. The molecule has 0 radical (unpaired) electrons. The van der Waals surface area contributed by atoms with Crippen LogP contribution in [0.4, 0.5) is 0 Å². The third kappa shape index (κ3) is 8.75. The van der Waals surface area contributed by atoms with E-state index in [0.29, 0.717) is 11.7 Å². The summed E-state index contributed by atoms with van der Waals surface area (Å²) in [5.41, 5.74) is 5.39. The van der Waals surface area contributed by atoms with Gasteiger partial charge in [-0.3, -0.25) is 4.79 Å². The van der Waals surface area contributed by atoms with Crippen LogP contribution >= 0.6 is 12.6 Å². The molecule has 15 heavy (non-hydrogen) atoms. The summed E-state index contributed by atoms with van der Waals surface area (Å²) in [6.07, 6.45) is 7.14. The van der Waals surface area contributed by atoms with E-state index in [1.54, 1.807) is 0 Å². The largest absolute Gasteiger partial charge is 0.480 e. The van der Waals surface area contributed by atoms with Crippen molar-refractivity contribution in [3.8, 4) is 0 Å². The molecule has 4 heteroatoms. The second kappa shape index (κ2) is 9.04. The molecule has 0 aromatic rings. The standard InChI is InChI=1S/C11H23NO2S/c1-2-6-9(15)7-4-3-5-8-10(12)11(13)14/h9-10,15H,2-8,12H2,1H3,(H,13,14). The summed E-state index contributed by atoms with van der Waals surface area (Å²) in [6, 6.07) is -0.688. The number of carbonyl (C=O) groups is 1. The number of carboxylic acid groups (broad SMARTS) is 1. The molecule has 0 amide bonds. The van der Waals surface area contributed by atoms with Gasteiger partial charge in [0.2, 0.25) is 0 Å². The summed E-state index contributed by atoms with van der Waals surface area (Å²) >= 11 is 4.47. The fourth-order valence-corrected chi connectivity index (χ4v) is 1.96. The highest BCUT2D eigenvalue weighted by Crippen LogP contribution is 2.14. The Kier molecular flexibility index (Phi) is 8.91. The minimum Gasteiger partial charge on any atom is -0.480 e. The Bertz CT molecular complexity index is 176. The molecular formula is C11H23NO2S. The van der Waals surface area contributed by atoms with E-state index >= 15 is 0 Å². The van der Waals surface area contributed by atoms with Crippen LogP contribution in [0.2, 0.25) is 0 Å². The molecule has 0 fully saturated rings. The maximum atomic E-state index is 10.4. The number of aliphatic carboxylic acids is 1. The van der Waals surface area contributed by atoms with Gasteiger partial charge in [0.05, 0.1) is 0 Å². The average Bonchev–Trinajstić information content (AvgIpc) is 2.17. The fraction of sp³-hybridized carbons (Fsp3) is 0.909. The molecule has 0 aliphatic heterocycles. The fourth-order valence-electron chi connectivity index (χ4n) is 1.52. The lowest BCUT2D eigenvalue weighted by Gasteiger charge is -2.09. The van der Waals surface area contributed by atoms with Gasteiger partial charge in [0, 0.05) is 5.25 Å². The van der Waals surface area contributed by atoms with E-state index in [1.165, 1.54) is 6.42 Å². The Morgan fingerprint density at radius 1 is 1.27 bits per heavy atom. The Morgan fingerprint density at radius 2 is 1.87 bits per heavy atom. The predicted molar refractivity (Wildman–Crippen MR) is 66.4 cm³/mol. The minimum absolute atomic E-state index is 0.503. The van der Waals surface area contributed by atoms with Crippen molar-refractivity contribution in [3.05, 3.63) is 0 Å². The van der Waals surface area contributed by atoms with Gasteiger partial charge in [0.25, 0.3) is 0 Å². The zero-order valence-corrected chi connectivity index (χ0v) is 10.4. The number of rotatable bonds is 9. The highest BCUT2D eigenvalue weighted by molar-refractivity contribution is 7.80. The lowest BCUT2D eigenvalue weighted by molar-refractivity contribution is -0.138. The van der Waals surface area contributed by atoms with Crippen molar-refractivity contribution in [3.63, 3.8) is 0 Å². The van der Waals surface area contributed by atoms with E-state index in [2.05, 4.69) is 19.6 Å². The van der Waals surface area contributed by atoms with Crippen LogP contribution in [0, 0.1) is 0 Å². The molecule has 2 atom stereocenters. The van der Waals surface area contributed by atoms with Gasteiger partial charge in [-0.1, -0.05) is 32.6 Å². The van der Waals surface area contributed by atoms with Gasteiger partial charge >= 0.3 is 5.97 Å². The van der Waals surface area contributed by atoms with Crippen LogP contribution in [0.5, 0.6) is 0 Å². The third-order valence-electron chi connectivity index (χ3n) is 2.49. The molecule has 0 saturated carbocycles. The first-order valence-electron chi connectivity index (χ1n) is 5.74. The quantitative estimate of drug-likeness (QED) is 0.423. The van der Waals surface area contributed by atoms with Gasteiger partial charge in [-0.2, -0.15) is 12.6 Å². The topological polar surface area (TPSA) is 63.3 Å². The second-order valence-corrected chi connectivity index (χ2v) is 4.76. The number of carboxylic acids is 1. The van der Waals surface area contributed by atoms with Crippen LogP contribution in [-0.4, -0.2) is 22.4 Å². The summed E-state index contributed by atoms with van der Waals surface area (Å²) < 4.78 is 0. The Morgan fingerprint density at radius 3 is 2.40 bits per heavy atom. The lowest BCUT2D eigenvalue weighted by atomic mass is 10.1. The zero-order chi connectivity index (χ0) is 11.7. The predicted octanol–water partition coefficient (Wildman–Crippen LogP) is 2.45. The van der Waals surface area contributed by atoms with Crippen LogP contribution in [0.1, 0.15) is 51.9 Å². The summed E-state index contributed by atoms with van der Waals surface area (Å²) in [4.78, 5) is 10.4. The molecule has 90 valence electrons. The summed E-state index contributed by atoms with van der Waals surface area (Å²) in [6.45, 7) is 2.16. The van der Waals surface area contributed by atoms with Crippen LogP contribution in [0.3, 0.4) is 0 Å². The zero-order valence-electron chi connectivity index (χ0n) is 9.48. The number of hydrogen-bond acceptors (Lipinski definition) is 3. The van der Waals surface area contributed by atoms with Crippen LogP contribution in [0.25, 0.3) is 0 Å². The number of unbranched alkanes of at least 4 members (excludes halogenated alkanes) is 2. The Balaban J connectivity index is 3.28. The van der Waals surface area contributed by atoms with Crippen molar-refractivity contribution < 1.29 is 9.90 Å². The Labute approximate surface area is 97.8 Å². The molecule has 0 aromatic heterocycles. The van der Waals surface area contributed by atoms with Crippen molar-refractivity contribution in [2.24, 2.45) is 5.73 Å². The van der Waals surface area contributed by atoms with Crippen molar-refractivity contribution in [1.82, 2.24) is 0 Å². The van der Waals surface area contributed by atoms with Gasteiger partial charge in [0.15, 0.2) is 0 Å². The van der Waals surface area contributed by atoms with Crippen LogP contribution in [0.15, 0.2) is 0 Å². The molecular weight excluding hydrogens is 210 g/mol.